The third-order valence-corrected chi connectivity index (χ3v) is 3.89. The van der Waals surface area contributed by atoms with E-state index in [1.165, 1.54) is 0 Å². The zero-order valence-electron chi connectivity index (χ0n) is 13.1. The van der Waals surface area contributed by atoms with Gasteiger partial charge in [-0.15, -0.1) is 0 Å². The van der Waals surface area contributed by atoms with Crippen LogP contribution in [0.5, 0.6) is 5.88 Å². The summed E-state index contributed by atoms with van der Waals surface area (Å²) >= 11 is 0. The van der Waals surface area contributed by atoms with Gasteiger partial charge in [0, 0.05) is 38.8 Å². The molecule has 8 nitrogen and oxygen atoms in total. The first-order valence-corrected chi connectivity index (χ1v) is 7.95. The number of carbonyl (C=O) groups is 1. The lowest BCUT2D eigenvalue weighted by molar-refractivity contribution is 0.0320. The summed E-state index contributed by atoms with van der Waals surface area (Å²) in [6, 6.07) is 1.58. The summed E-state index contributed by atoms with van der Waals surface area (Å²) in [5, 5.41) is 0. The highest BCUT2D eigenvalue weighted by molar-refractivity contribution is 5.72. The van der Waals surface area contributed by atoms with Crippen LogP contribution in [0.3, 0.4) is 0 Å². The van der Waals surface area contributed by atoms with Gasteiger partial charge < -0.3 is 19.1 Å². The average molecular weight is 322 g/mol. The fourth-order valence-corrected chi connectivity index (χ4v) is 2.57. The van der Waals surface area contributed by atoms with Gasteiger partial charge in [0.25, 0.3) is 0 Å². The first-order valence-electron chi connectivity index (χ1n) is 7.95. The molecule has 2 fully saturated rings. The molecule has 0 bridgehead atoms. The Labute approximate surface area is 135 Å². The number of carbonyl (C=O) groups excluding carboxylic acids is 1. The van der Waals surface area contributed by atoms with Crippen LogP contribution in [-0.4, -0.2) is 86.9 Å². The Kier molecular flexibility index (Phi) is 5.73. The highest BCUT2D eigenvalue weighted by atomic mass is 16.5. The van der Waals surface area contributed by atoms with E-state index in [1.54, 1.807) is 6.07 Å². The van der Waals surface area contributed by atoms with Crippen LogP contribution in [0.2, 0.25) is 0 Å². The first-order chi connectivity index (χ1) is 11.3. The zero-order chi connectivity index (χ0) is 15.9. The molecule has 0 N–H and O–H groups in total. The van der Waals surface area contributed by atoms with E-state index in [-0.39, 0.29) is 0 Å². The molecule has 0 radical (unpaired) electrons. The second-order valence-electron chi connectivity index (χ2n) is 5.45. The van der Waals surface area contributed by atoms with Crippen molar-refractivity contribution in [3.8, 4) is 5.88 Å². The normalized spacial score (nSPS) is 19.6. The number of nitrogens with zero attached hydrogens (tertiary/aromatic N) is 4. The maximum Gasteiger partial charge on any atom is 0.229 e. The SMILES string of the molecule is O=Cc1cc(OCCN2CCOCC2)nc(N2CCOCC2)n1. The van der Waals surface area contributed by atoms with Crippen molar-refractivity contribution in [3.63, 3.8) is 0 Å². The van der Waals surface area contributed by atoms with Gasteiger partial charge >= 0.3 is 0 Å². The Morgan fingerprint density at radius 1 is 1.09 bits per heavy atom. The molecule has 0 amide bonds. The molecule has 3 heterocycles. The lowest BCUT2D eigenvalue weighted by Crippen LogP contribution is -2.39. The fraction of sp³-hybridized carbons (Fsp3) is 0.667. The number of hydrogen-bond donors (Lipinski definition) is 0. The smallest absolute Gasteiger partial charge is 0.229 e. The van der Waals surface area contributed by atoms with Crippen molar-refractivity contribution in [2.75, 3.05) is 70.7 Å². The van der Waals surface area contributed by atoms with Gasteiger partial charge in [0.15, 0.2) is 6.29 Å². The molecule has 0 spiro atoms. The van der Waals surface area contributed by atoms with Crippen LogP contribution in [0.25, 0.3) is 0 Å². The quantitative estimate of drug-likeness (QED) is 0.669. The molecule has 3 rings (SSSR count). The Morgan fingerprint density at radius 2 is 1.78 bits per heavy atom. The summed E-state index contributed by atoms with van der Waals surface area (Å²) in [6.45, 7) is 7.44. The molecule has 8 heteroatoms. The minimum absolute atomic E-state index is 0.336. The number of ether oxygens (including phenoxy) is 3. The van der Waals surface area contributed by atoms with E-state index in [0.29, 0.717) is 37.3 Å². The maximum absolute atomic E-state index is 11.1. The molecule has 1 aromatic heterocycles. The molecule has 0 atom stereocenters. The summed E-state index contributed by atoms with van der Waals surface area (Å²) in [4.78, 5) is 24.1. The fourth-order valence-electron chi connectivity index (χ4n) is 2.57. The van der Waals surface area contributed by atoms with Crippen molar-refractivity contribution in [1.29, 1.82) is 0 Å². The molecule has 23 heavy (non-hydrogen) atoms. The van der Waals surface area contributed by atoms with Gasteiger partial charge in [-0.05, 0) is 0 Å². The summed E-state index contributed by atoms with van der Waals surface area (Å²) in [6.07, 6.45) is 0.723. The minimum Gasteiger partial charge on any atom is -0.476 e. The molecular weight excluding hydrogens is 300 g/mol. The standard InChI is InChI=1S/C15H22N4O4/c20-12-13-11-14(23-10-3-18-1-6-21-7-2-18)17-15(16-13)19-4-8-22-9-5-19/h11-12H,1-10H2. The van der Waals surface area contributed by atoms with Crippen molar-refractivity contribution in [1.82, 2.24) is 14.9 Å². The van der Waals surface area contributed by atoms with Gasteiger partial charge in [-0.2, -0.15) is 4.98 Å². The van der Waals surface area contributed by atoms with Crippen LogP contribution in [0, 0.1) is 0 Å². The lowest BCUT2D eigenvalue weighted by Gasteiger charge is -2.27. The second kappa shape index (κ2) is 8.19. The van der Waals surface area contributed by atoms with E-state index >= 15 is 0 Å². The Bertz CT molecular complexity index is 516. The van der Waals surface area contributed by atoms with Crippen molar-refractivity contribution >= 4 is 12.2 Å². The third-order valence-electron chi connectivity index (χ3n) is 3.89. The topological polar surface area (TPSA) is 77.0 Å². The number of hydrogen-bond acceptors (Lipinski definition) is 8. The van der Waals surface area contributed by atoms with E-state index in [2.05, 4.69) is 14.9 Å². The zero-order valence-corrected chi connectivity index (χ0v) is 13.1. The second-order valence-corrected chi connectivity index (χ2v) is 5.45. The van der Waals surface area contributed by atoms with Gasteiger partial charge in [-0.3, -0.25) is 9.69 Å². The third kappa shape index (κ3) is 4.60. The molecule has 0 unspecified atom stereocenters. The predicted octanol–water partition coefficient (Wildman–Crippen LogP) is -0.163. The van der Waals surface area contributed by atoms with Crippen LogP contribution in [-0.2, 0) is 9.47 Å². The van der Waals surface area contributed by atoms with Crippen LogP contribution in [0.15, 0.2) is 6.07 Å². The molecule has 1 aromatic rings. The number of aldehydes is 1. The number of anilines is 1. The lowest BCUT2D eigenvalue weighted by atomic mass is 10.4. The van der Waals surface area contributed by atoms with Gasteiger partial charge in [0.1, 0.15) is 12.3 Å². The monoisotopic (exact) mass is 322 g/mol. The van der Waals surface area contributed by atoms with Crippen molar-refractivity contribution in [2.24, 2.45) is 0 Å². The number of morpholine rings is 2. The first kappa shape index (κ1) is 16.1. The number of rotatable bonds is 6. The van der Waals surface area contributed by atoms with Crippen LogP contribution >= 0.6 is 0 Å². The highest BCUT2D eigenvalue weighted by Crippen LogP contribution is 2.16. The van der Waals surface area contributed by atoms with Gasteiger partial charge in [-0.1, -0.05) is 0 Å². The molecular formula is C15H22N4O4. The summed E-state index contributed by atoms with van der Waals surface area (Å²) < 4.78 is 16.4. The Morgan fingerprint density at radius 3 is 2.48 bits per heavy atom. The van der Waals surface area contributed by atoms with Crippen molar-refractivity contribution in [2.45, 2.75) is 0 Å². The van der Waals surface area contributed by atoms with Crippen LogP contribution < -0.4 is 9.64 Å². The molecule has 126 valence electrons. The van der Waals surface area contributed by atoms with E-state index in [4.69, 9.17) is 14.2 Å². The Hall–Kier alpha value is -1.77. The minimum atomic E-state index is 0.336. The number of aromatic nitrogens is 2. The molecule has 0 saturated carbocycles. The van der Waals surface area contributed by atoms with Gasteiger partial charge in [-0.25, -0.2) is 4.98 Å². The summed E-state index contributed by atoms with van der Waals surface area (Å²) in [5.74, 6) is 0.969. The van der Waals surface area contributed by atoms with Gasteiger partial charge in [0.2, 0.25) is 11.8 Å². The van der Waals surface area contributed by atoms with Crippen LogP contribution in [0.4, 0.5) is 5.95 Å². The maximum atomic E-state index is 11.1. The molecule has 2 saturated heterocycles. The van der Waals surface area contributed by atoms with Crippen molar-refractivity contribution < 1.29 is 19.0 Å². The van der Waals surface area contributed by atoms with E-state index < -0.39 is 0 Å². The van der Waals surface area contributed by atoms with E-state index in [9.17, 15) is 4.79 Å². The molecule has 0 aromatic carbocycles. The largest absolute Gasteiger partial charge is 0.476 e. The summed E-state index contributed by atoms with van der Waals surface area (Å²) in [5.41, 5.74) is 0.336. The van der Waals surface area contributed by atoms with Crippen LogP contribution in [0.1, 0.15) is 10.5 Å². The Balaban J connectivity index is 1.59. The molecule has 0 aliphatic carbocycles. The van der Waals surface area contributed by atoms with Crippen molar-refractivity contribution in [3.05, 3.63) is 11.8 Å². The van der Waals surface area contributed by atoms with E-state index in [1.807, 2.05) is 4.90 Å². The molecule has 2 aliphatic rings. The molecule has 2 aliphatic heterocycles. The summed E-state index contributed by atoms with van der Waals surface area (Å²) in [7, 11) is 0. The van der Waals surface area contributed by atoms with Gasteiger partial charge in [0.05, 0.1) is 26.4 Å². The highest BCUT2D eigenvalue weighted by Gasteiger charge is 2.16. The van der Waals surface area contributed by atoms with E-state index in [0.717, 1.165) is 52.2 Å². The average Bonchev–Trinajstić information content (AvgIpc) is 2.63. The predicted molar refractivity (Wildman–Crippen MR) is 83.2 cm³/mol.